The summed E-state index contributed by atoms with van der Waals surface area (Å²) in [6.45, 7) is 2.00. The molecule has 16 heavy (non-hydrogen) atoms. The molecule has 0 saturated carbocycles. The van der Waals surface area contributed by atoms with Gasteiger partial charge in [0.15, 0.2) is 0 Å². The molecule has 86 valence electrons. The normalized spacial score (nSPS) is 9.81. The lowest BCUT2D eigenvalue weighted by Gasteiger charge is -2.22. The minimum atomic E-state index is 0.476. The van der Waals surface area contributed by atoms with E-state index in [1.54, 1.807) is 13.3 Å². The number of nitrogens with zero attached hydrogens (tertiary/aromatic N) is 4. The van der Waals surface area contributed by atoms with Gasteiger partial charge in [0, 0.05) is 26.4 Å². The van der Waals surface area contributed by atoms with Crippen LogP contribution in [0.1, 0.15) is 6.42 Å². The topological polar surface area (TPSA) is 62.0 Å². The van der Waals surface area contributed by atoms with Crippen molar-refractivity contribution in [2.45, 2.75) is 6.42 Å². The van der Waals surface area contributed by atoms with Gasteiger partial charge in [-0.15, -0.1) is 0 Å². The quantitative estimate of drug-likeness (QED) is 0.738. The highest BCUT2D eigenvalue weighted by Crippen LogP contribution is 2.17. The van der Waals surface area contributed by atoms with Crippen molar-refractivity contribution in [2.75, 3.05) is 31.7 Å². The molecule has 0 N–H and O–H groups in total. The number of hydrogen-bond acceptors (Lipinski definition) is 5. The van der Waals surface area contributed by atoms with Crippen molar-refractivity contribution in [1.82, 2.24) is 9.97 Å². The third-order valence-corrected chi connectivity index (χ3v) is 2.77. The zero-order valence-corrected chi connectivity index (χ0v) is 11.2. The van der Waals surface area contributed by atoms with E-state index in [1.165, 1.54) is 6.33 Å². The predicted molar refractivity (Wildman–Crippen MR) is 69.1 cm³/mol. The molecule has 0 spiro atoms. The lowest BCUT2D eigenvalue weighted by molar-refractivity contribution is 0.205. The SMILES string of the molecule is COCCN(CCC#N)c1ncncc1I. The minimum absolute atomic E-state index is 0.476. The van der Waals surface area contributed by atoms with Crippen molar-refractivity contribution in [3.05, 3.63) is 16.1 Å². The summed E-state index contributed by atoms with van der Waals surface area (Å²) in [4.78, 5) is 10.2. The van der Waals surface area contributed by atoms with E-state index in [2.05, 4.69) is 38.6 Å². The Morgan fingerprint density at radius 3 is 3.00 bits per heavy atom. The molecule has 0 aliphatic carbocycles. The molecule has 5 nitrogen and oxygen atoms in total. The van der Waals surface area contributed by atoms with Crippen LogP contribution in [0.4, 0.5) is 5.82 Å². The maximum atomic E-state index is 8.61. The zero-order valence-electron chi connectivity index (χ0n) is 9.06. The molecule has 0 saturated heterocycles. The molecule has 1 aromatic heterocycles. The van der Waals surface area contributed by atoms with Crippen LogP contribution >= 0.6 is 22.6 Å². The van der Waals surface area contributed by atoms with E-state index < -0.39 is 0 Å². The predicted octanol–water partition coefficient (Wildman–Crippen LogP) is 1.45. The number of hydrogen-bond donors (Lipinski definition) is 0. The summed E-state index contributed by atoms with van der Waals surface area (Å²) in [5.74, 6) is 0.864. The van der Waals surface area contributed by atoms with E-state index in [9.17, 15) is 0 Å². The average Bonchev–Trinajstić information content (AvgIpc) is 2.31. The highest BCUT2D eigenvalue weighted by molar-refractivity contribution is 14.1. The molecule has 0 fully saturated rings. The van der Waals surface area contributed by atoms with Crippen molar-refractivity contribution in [2.24, 2.45) is 0 Å². The first-order valence-corrected chi connectivity index (χ1v) is 5.93. The van der Waals surface area contributed by atoms with Crippen LogP contribution in [-0.2, 0) is 4.74 Å². The summed E-state index contributed by atoms with van der Waals surface area (Å²) in [5.41, 5.74) is 0. The van der Waals surface area contributed by atoms with Crippen molar-refractivity contribution >= 4 is 28.4 Å². The summed E-state index contributed by atoms with van der Waals surface area (Å²) in [5, 5.41) is 8.61. The fourth-order valence-electron chi connectivity index (χ4n) is 1.25. The van der Waals surface area contributed by atoms with Crippen molar-refractivity contribution in [3.8, 4) is 6.07 Å². The number of methoxy groups -OCH3 is 1. The fourth-order valence-corrected chi connectivity index (χ4v) is 1.89. The Labute approximate surface area is 109 Å². The van der Waals surface area contributed by atoms with Gasteiger partial charge in [0.1, 0.15) is 12.1 Å². The molecule has 0 aromatic carbocycles. The van der Waals surface area contributed by atoms with Gasteiger partial charge in [-0.05, 0) is 22.6 Å². The Morgan fingerprint density at radius 1 is 1.56 bits per heavy atom. The Morgan fingerprint density at radius 2 is 2.38 bits per heavy atom. The summed E-state index contributed by atoms with van der Waals surface area (Å²) >= 11 is 2.19. The molecule has 1 heterocycles. The van der Waals surface area contributed by atoms with Crippen LogP contribution < -0.4 is 4.90 Å². The number of halogens is 1. The van der Waals surface area contributed by atoms with Gasteiger partial charge in [-0.25, -0.2) is 9.97 Å². The molecule has 0 aliphatic rings. The molecule has 6 heteroatoms. The largest absolute Gasteiger partial charge is 0.383 e. The third-order valence-electron chi connectivity index (χ3n) is 2.01. The molecule has 0 bridgehead atoms. The molecule has 0 unspecified atom stereocenters. The number of aromatic nitrogens is 2. The maximum Gasteiger partial charge on any atom is 0.145 e. The average molecular weight is 332 g/mol. The van der Waals surface area contributed by atoms with Crippen molar-refractivity contribution in [1.29, 1.82) is 5.26 Å². The fraction of sp³-hybridized carbons (Fsp3) is 0.500. The summed E-state index contributed by atoms with van der Waals surface area (Å²) in [6.07, 6.45) is 3.75. The maximum absolute atomic E-state index is 8.61. The minimum Gasteiger partial charge on any atom is -0.383 e. The monoisotopic (exact) mass is 332 g/mol. The van der Waals surface area contributed by atoms with Crippen LogP contribution in [0, 0.1) is 14.9 Å². The van der Waals surface area contributed by atoms with E-state index in [1.807, 2.05) is 4.90 Å². The second-order valence-corrected chi connectivity index (χ2v) is 4.24. The van der Waals surface area contributed by atoms with E-state index in [4.69, 9.17) is 10.00 Å². The van der Waals surface area contributed by atoms with Gasteiger partial charge >= 0.3 is 0 Å². The Kier molecular flexibility index (Phi) is 6.03. The number of ether oxygens (including phenoxy) is 1. The molecule has 0 amide bonds. The van der Waals surface area contributed by atoms with Gasteiger partial charge in [0.2, 0.25) is 0 Å². The van der Waals surface area contributed by atoms with E-state index in [0.29, 0.717) is 19.6 Å². The molecule has 1 aromatic rings. The first-order chi connectivity index (χ1) is 7.79. The lowest BCUT2D eigenvalue weighted by Crippen LogP contribution is -2.29. The first-order valence-electron chi connectivity index (χ1n) is 4.86. The summed E-state index contributed by atoms with van der Waals surface area (Å²) in [7, 11) is 1.66. The number of anilines is 1. The van der Waals surface area contributed by atoms with Crippen molar-refractivity contribution in [3.63, 3.8) is 0 Å². The van der Waals surface area contributed by atoms with Gasteiger partial charge in [0.05, 0.1) is 22.7 Å². The van der Waals surface area contributed by atoms with Crippen LogP contribution in [0.5, 0.6) is 0 Å². The van der Waals surface area contributed by atoms with Crippen LogP contribution in [0.2, 0.25) is 0 Å². The van der Waals surface area contributed by atoms with E-state index >= 15 is 0 Å². The third kappa shape index (κ3) is 3.90. The molecular weight excluding hydrogens is 319 g/mol. The lowest BCUT2D eigenvalue weighted by atomic mass is 10.4. The smallest absolute Gasteiger partial charge is 0.145 e. The van der Waals surface area contributed by atoms with E-state index in [0.717, 1.165) is 15.9 Å². The highest BCUT2D eigenvalue weighted by Gasteiger charge is 2.10. The van der Waals surface area contributed by atoms with Gasteiger partial charge in [-0.1, -0.05) is 0 Å². The Balaban J connectivity index is 2.75. The molecule has 0 atom stereocenters. The second kappa shape index (κ2) is 7.35. The zero-order chi connectivity index (χ0) is 11.8. The van der Waals surface area contributed by atoms with Gasteiger partial charge < -0.3 is 9.64 Å². The second-order valence-electron chi connectivity index (χ2n) is 3.08. The van der Waals surface area contributed by atoms with Gasteiger partial charge in [-0.3, -0.25) is 0 Å². The van der Waals surface area contributed by atoms with Crippen LogP contribution in [0.3, 0.4) is 0 Å². The van der Waals surface area contributed by atoms with Crippen molar-refractivity contribution < 1.29 is 4.74 Å². The van der Waals surface area contributed by atoms with E-state index in [-0.39, 0.29) is 0 Å². The summed E-state index contributed by atoms with van der Waals surface area (Å²) < 4.78 is 6.02. The first kappa shape index (κ1) is 13.1. The van der Waals surface area contributed by atoms with Gasteiger partial charge in [0.25, 0.3) is 0 Å². The molecule has 0 radical (unpaired) electrons. The molecule has 0 aliphatic heterocycles. The molecular formula is C10H13IN4O. The van der Waals surface area contributed by atoms with Gasteiger partial charge in [-0.2, -0.15) is 5.26 Å². The van der Waals surface area contributed by atoms with Crippen LogP contribution in [0.15, 0.2) is 12.5 Å². The number of nitriles is 1. The highest BCUT2D eigenvalue weighted by atomic mass is 127. The Hall–Kier alpha value is -0.940. The summed E-state index contributed by atoms with van der Waals surface area (Å²) in [6, 6.07) is 2.14. The molecule has 1 rings (SSSR count). The number of rotatable bonds is 6. The standard InChI is InChI=1S/C10H13IN4O/c1-16-6-5-15(4-2-3-12)10-9(11)7-13-8-14-10/h7-8H,2,4-6H2,1H3. The van der Waals surface area contributed by atoms with Crippen LogP contribution in [0.25, 0.3) is 0 Å². The Bertz CT molecular complexity index is 366. The van der Waals surface area contributed by atoms with Crippen LogP contribution in [-0.4, -0.2) is 36.8 Å².